The first-order chi connectivity index (χ1) is 10.5. The molecule has 0 aliphatic carbocycles. The van der Waals surface area contributed by atoms with E-state index < -0.39 is 0 Å². The van der Waals surface area contributed by atoms with Crippen molar-refractivity contribution in [2.45, 2.75) is 26.2 Å². The van der Waals surface area contributed by atoms with Crippen LogP contribution in [0, 0.1) is 0 Å². The van der Waals surface area contributed by atoms with Crippen molar-refractivity contribution in [3.8, 4) is 5.75 Å². The molecule has 0 bridgehead atoms. The third kappa shape index (κ3) is 6.98. The molecular formula is C17H20Cl3NO2. The summed E-state index contributed by atoms with van der Waals surface area (Å²) in [5.41, 5.74) is 1.99. The summed E-state index contributed by atoms with van der Waals surface area (Å²) in [5.74, 6) is 0.780. The Morgan fingerprint density at radius 1 is 1.17 bits per heavy atom. The number of aliphatic hydroxyl groups is 1. The van der Waals surface area contributed by atoms with Gasteiger partial charge in [-0.05, 0) is 36.8 Å². The third-order valence-corrected chi connectivity index (χ3v) is 3.66. The maximum Gasteiger partial charge on any atom is 0.120 e. The predicted octanol–water partition coefficient (Wildman–Crippen LogP) is 4.46. The highest BCUT2D eigenvalue weighted by Crippen LogP contribution is 2.23. The number of ether oxygens (including phenoxy) is 1. The first-order valence-corrected chi connectivity index (χ1v) is 7.84. The molecule has 23 heavy (non-hydrogen) atoms. The van der Waals surface area contributed by atoms with Gasteiger partial charge in [0.25, 0.3) is 0 Å². The molecule has 2 N–H and O–H groups in total. The molecule has 0 fully saturated rings. The normalized spacial score (nSPS) is 11.7. The number of rotatable bonds is 7. The van der Waals surface area contributed by atoms with E-state index in [0.29, 0.717) is 29.7 Å². The van der Waals surface area contributed by atoms with Crippen molar-refractivity contribution in [3.63, 3.8) is 0 Å². The van der Waals surface area contributed by atoms with Gasteiger partial charge in [-0.1, -0.05) is 41.4 Å². The van der Waals surface area contributed by atoms with Gasteiger partial charge < -0.3 is 15.2 Å². The van der Waals surface area contributed by atoms with Crippen LogP contribution < -0.4 is 10.1 Å². The fourth-order valence-electron chi connectivity index (χ4n) is 1.97. The summed E-state index contributed by atoms with van der Waals surface area (Å²) in [4.78, 5) is 0. The van der Waals surface area contributed by atoms with Gasteiger partial charge in [-0.2, -0.15) is 0 Å². The molecule has 0 saturated carbocycles. The number of benzene rings is 2. The van der Waals surface area contributed by atoms with E-state index in [1.807, 2.05) is 30.3 Å². The lowest BCUT2D eigenvalue weighted by Gasteiger charge is -2.11. The Bertz CT molecular complexity index is 621. The van der Waals surface area contributed by atoms with E-state index in [1.54, 1.807) is 19.1 Å². The van der Waals surface area contributed by atoms with Crippen molar-refractivity contribution in [3.05, 3.63) is 63.6 Å². The van der Waals surface area contributed by atoms with E-state index in [0.717, 1.165) is 16.9 Å². The summed E-state index contributed by atoms with van der Waals surface area (Å²) >= 11 is 12.0. The Morgan fingerprint density at radius 3 is 2.65 bits per heavy atom. The lowest BCUT2D eigenvalue weighted by atomic mass is 10.2. The van der Waals surface area contributed by atoms with Crippen LogP contribution in [0.25, 0.3) is 0 Å². The van der Waals surface area contributed by atoms with Crippen molar-refractivity contribution in [2.24, 2.45) is 0 Å². The van der Waals surface area contributed by atoms with Gasteiger partial charge in [-0.15, -0.1) is 12.4 Å². The topological polar surface area (TPSA) is 41.5 Å². The second kappa shape index (κ2) is 10.0. The molecule has 2 aromatic rings. The Kier molecular flexibility index (Phi) is 8.74. The molecule has 126 valence electrons. The molecule has 0 amide bonds. The molecule has 2 aromatic carbocycles. The van der Waals surface area contributed by atoms with Crippen molar-refractivity contribution in [1.29, 1.82) is 0 Å². The Hall–Kier alpha value is -0.970. The summed E-state index contributed by atoms with van der Waals surface area (Å²) in [6.07, 6.45) is -0.355. The van der Waals surface area contributed by atoms with Crippen LogP contribution in [0.15, 0.2) is 42.5 Å². The van der Waals surface area contributed by atoms with E-state index in [-0.39, 0.29) is 18.5 Å². The van der Waals surface area contributed by atoms with E-state index in [4.69, 9.17) is 27.9 Å². The molecule has 0 aliphatic rings. The van der Waals surface area contributed by atoms with Crippen LogP contribution in [0.5, 0.6) is 5.75 Å². The third-order valence-electron chi connectivity index (χ3n) is 3.08. The predicted molar refractivity (Wildman–Crippen MR) is 97.9 cm³/mol. The van der Waals surface area contributed by atoms with Crippen LogP contribution in [-0.2, 0) is 13.2 Å². The number of hydrogen-bond donors (Lipinski definition) is 2. The summed E-state index contributed by atoms with van der Waals surface area (Å²) < 4.78 is 5.78. The zero-order chi connectivity index (χ0) is 15.9. The highest BCUT2D eigenvalue weighted by atomic mass is 35.5. The highest BCUT2D eigenvalue weighted by Gasteiger charge is 2.03. The molecule has 0 aromatic heterocycles. The van der Waals surface area contributed by atoms with E-state index in [2.05, 4.69) is 5.32 Å². The minimum Gasteiger partial charge on any atom is -0.489 e. The fraction of sp³-hybridized carbons (Fsp3) is 0.294. The van der Waals surface area contributed by atoms with Crippen LogP contribution in [0.1, 0.15) is 18.1 Å². The summed E-state index contributed by atoms with van der Waals surface area (Å²) in [6.45, 7) is 3.39. The Labute approximate surface area is 153 Å². The van der Waals surface area contributed by atoms with Crippen LogP contribution >= 0.6 is 35.6 Å². The van der Waals surface area contributed by atoms with Crippen LogP contribution in [0.2, 0.25) is 10.0 Å². The Balaban J connectivity index is 0.00000264. The first-order valence-electron chi connectivity index (χ1n) is 7.09. The van der Waals surface area contributed by atoms with E-state index in [1.165, 1.54) is 0 Å². The molecule has 0 heterocycles. The number of hydrogen-bond acceptors (Lipinski definition) is 3. The molecule has 6 heteroatoms. The first kappa shape index (κ1) is 20.1. The van der Waals surface area contributed by atoms with Crippen LogP contribution in [0.3, 0.4) is 0 Å². The van der Waals surface area contributed by atoms with Crippen LogP contribution in [0.4, 0.5) is 0 Å². The van der Waals surface area contributed by atoms with Crippen molar-refractivity contribution in [2.75, 3.05) is 6.54 Å². The SMILES string of the molecule is CC(O)CNCc1cccc(OCc2ccc(Cl)cc2Cl)c1.Cl. The largest absolute Gasteiger partial charge is 0.489 e. The van der Waals surface area contributed by atoms with Gasteiger partial charge in [0.15, 0.2) is 0 Å². The number of aliphatic hydroxyl groups excluding tert-OH is 1. The molecule has 0 saturated heterocycles. The van der Waals surface area contributed by atoms with Gasteiger partial charge in [0, 0.05) is 28.7 Å². The lowest BCUT2D eigenvalue weighted by molar-refractivity contribution is 0.191. The standard InChI is InChI=1S/C17H19Cl2NO2.ClH/c1-12(21)9-20-10-13-3-2-4-16(7-13)22-11-14-5-6-15(18)8-17(14)19;/h2-8,12,20-21H,9-11H2,1H3;1H. The summed E-state index contributed by atoms with van der Waals surface area (Å²) in [5, 5.41) is 13.6. The minimum atomic E-state index is -0.355. The minimum absolute atomic E-state index is 0. The summed E-state index contributed by atoms with van der Waals surface area (Å²) in [6, 6.07) is 13.2. The zero-order valence-electron chi connectivity index (χ0n) is 12.8. The molecule has 2 rings (SSSR count). The second-order valence-electron chi connectivity index (χ2n) is 5.15. The number of nitrogens with one attached hydrogen (secondary N) is 1. The van der Waals surface area contributed by atoms with Gasteiger partial charge in [-0.3, -0.25) is 0 Å². The average molecular weight is 377 g/mol. The number of halogens is 3. The van der Waals surface area contributed by atoms with Gasteiger partial charge in [0.05, 0.1) is 6.10 Å². The summed E-state index contributed by atoms with van der Waals surface area (Å²) in [7, 11) is 0. The van der Waals surface area contributed by atoms with Gasteiger partial charge in [-0.25, -0.2) is 0 Å². The highest BCUT2D eigenvalue weighted by molar-refractivity contribution is 6.35. The fourth-order valence-corrected chi connectivity index (χ4v) is 2.43. The zero-order valence-corrected chi connectivity index (χ0v) is 15.1. The van der Waals surface area contributed by atoms with Gasteiger partial charge >= 0.3 is 0 Å². The quantitative estimate of drug-likeness (QED) is 0.749. The molecule has 0 aliphatic heterocycles. The van der Waals surface area contributed by atoms with Crippen LogP contribution in [-0.4, -0.2) is 17.8 Å². The molecule has 0 spiro atoms. The Morgan fingerprint density at radius 2 is 1.96 bits per heavy atom. The van der Waals surface area contributed by atoms with Crippen molar-refractivity contribution < 1.29 is 9.84 Å². The molecule has 1 atom stereocenters. The second-order valence-corrected chi connectivity index (χ2v) is 6.00. The molecular weight excluding hydrogens is 357 g/mol. The molecule has 1 unspecified atom stereocenters. The molecule has 3 nitrogen and oxygen atoms in total. The van der Waals surface area contributed by atoms with Crippen molar-refractivity contribution >= 4 is 35.6 Å². The monoisotopic (exact) mass is 375 g/mol. The smallest absolute Gasteiger partial charge is 0.120 e. The van der Waals surface area contributed by atoms with E-state index >= 15 is 0 Å². The van der Waals surface area contributed by atoms with E-state index in [9.17, 15) is 5.11 Å². The average Bonchev–Trinajstić information content (AvgIpc) is 2.46. The van der Waals surface area contributed by atoms with Crippen molar-refractivity contribution in [1.82, 2.24) is 5.32 Å². The van der Waals surface area contributed by atoms with Gasteiger partial charge in [0.2, 0.25) is 0 Å². The maximum absolute atomic E-state index is 9.23. The molecule has 0 radical (unpaired) electrons. The lowest BCUT2D eigenvalue weighted by Crippen LogP contribution is -2.23. The van der Waals surface area contributed by atoms with Gasteiger partial charge in [0.1, 0.15) is 12.4 Å². The maximum atomic E-state index is 9.23.